The summed E-state index contributed by atoms with van der Waals surface area (Å²) in [6, 6.07) is -0.996. The van der Waals surface area contributed by atoms with Gasteiger partial charge in [-0.1, -0.05) is 20.8 Å². The van der Waals surface area contributed by atoms with Gasteiger partial charge in [0, 0.05) is 19.4 Å². The fraction of sp³-hybridized carbons (Fsp3) is 0.800. The Hall–Kier alpha value is -1.10. The minimum Gasteiger partial charge on any atom is -0.480 e. The fourth-order valence-electron chi connectivity index (χ4n) is 1.11. The summed E-state index contributed by atoms with van der Waals surface area (Å²) in [4.78, 5) is 22.1. The molecule has 0 aromatic heterocycles. The topological polar surface area (TPSA) is 86.6 Å². The Morgan fingerprint density at radius 1 is 1.33 bits per heavy atom. The lowest BCUT2D eigenvalue weighted by Gasteiger charge is -2.19. The molecule has 3 N–H and O–H groups in total. The van der Waals surface area contributed by atoms with Crippen LogP contribution in [0.1, 0.15) is 33.6 Å². The third kappa shape index (κ3) is 6.90. The van der Waals surface area contributed by atoms with Gasteiger partial charge in [0.15, 0.2) is 0 Å². The summed E-state index contributed by atoms with van der Waals surface area (Å²) in [5, 5.41) is 19.7. The van der Waals surface area contributed by atoms with Gasteiger partial charge in [-0.2, -0.15) is 0 Å². The van der Waals surface area contributed by atoms with Crippen molar-refractivity contribution in [2.24, 2.45) is 5.41 Å². The first-order valence-electron chi connectivity index (χ1n) is 4.89. The molecule has 0 saturated carbocycles. The summed E-state index contributed by atoms with van der Waals surface area (Å²) in [6.07, 6.45) is 0.299. The van der Waals surface area contributed by atoms with Gasteiger partial charge in [0.25, 0.3) is 0 Å². The van der Waals surface area contributed by atoms with Crippen LogP contribution in [-0.2, 0) is 9.59 Å². The summed E-state index contributed by atoms with van der Waals surface area (Å²) in [7, 11) is 0. The van der Waals surface area contributed by atoms with Gasteiger partial charge >= 0.3 is 5.97 Å². The van der Waals surface area contributed by atoms with E-state index < -0.39 is 12.0 Å². The van der Waals surface area contributed by atoms with E-state index in [9.17, 15) is 9.59 Å². The second-order valence-corrected chi connectivity index (χ2v) is 4.71. The first-order chi connectivity index (χ1) is 6.76. The third-order valence-corrected chi connectivity index (χ3v) is 1.74. The molecule has 1 atom stereocenters. The van der Waals surface area contributed by atoms with E-state index in [0.717, 1.165) is 0 Å². The normalized spacial score (nSPS) is 13.3. The zero-order valence-corrected chi connectivity index (χ0v) is 9.41. The molecule has 0 aliphatic carbocycles. The quantitative estimate of drug-likeness (QED) is 0.621. The lowest BCUT2D eigenvalue weighted by atomic mass is 9.92. The summed E-state index contributed by atoms with van der Waals surface area (Å²) < 4.78 is 0. The van der Waals surface area contributed by atoms with E-state index in [1.54, 1.807) is 0 Å². The molecule has 1 amide bonds. The number of amides is 1. The van der Waals surface area contributed by atoms with Crippen LogP contribution >= 0.6 is 0 Å². The molecule has 0 heterocycles. The molecule has 0 aromatic carbocycles. The average molecular weight is 217 g/mol. The Morgan fingerprint density at radius 2 is 1.87 bits per heavy atom. The predicted molar refractivity (Wildman–Crippen MR) is 55.3 cm³/mol. The minimum absolute atomic E-state index is 0.0330. The predicted octanol–water partition coefficient (Wildman–Crippen LogP) is 0.374. The number of rotatable bonds is 5. The highest BCUT2D eigenvalue weighted by Gasteiger charge is 2.22. The Bertz CT molecular complexity index is 232. The highest BCUT2D eigenvalue weighted by atomic mass is 16.4. The van der Waals surface area contributed by atoms with Crippen LogP contribution in [0.4, 0.5) is 0 Å². The van der Waals surface area contributed by atoms with Gasteiger partial charge in [0.2, 0.25) is 5.91 Å². The second kappa shape index (κ2) is 5.70. The van der Waals surface area contributed by atoms with Crippen LogP contribution in [0.2, 0.25) is 0 Å². The minimum atomic E-state index is -1.12. The smallest absolute Gasteiger partial charge is 0.326 e. The molecule has 88 valence electrons. The van der Waals surface area contributed by atoms with Gasteiger partial charge in [-0.3, -0.25) is 4.79 Å². The van der Waals surface area contributed by atoms with Crippen molar-refractivity contribution in [3.63, 3.8) is 0 Å². The molecule has 0 aliphatic heterocycles. The van der Waals surface area contributed by atoms with E-state index in [1.165, 1.54) is 0 Å². The maximum absolute atomic E-state index is 11.4. The zero-order chi connectivity index (χ0) is 12.1. The Kier molecular flexibility index (Phi) is 5.28. The van der Waals surface area contributed by atoms with Crippen molar-refractivity contribution in [2.45, 2.75) is 39.7 Å². The third-order valence-electron chi connectivity index (χ3n) is 1.74. The van der Waals surface area contributed by atoms with Crippen LogP contribution in [0.25, 0.3) is 0 Å². The van der Waals surface area contributed by atoms with E-state index >= 15 is 0 Å². The zero-order valence-electron chi connectivity index (χ0n) is 9.41. The SMILES string of the molecule is CC(C)(C)CC(=O)N[C@H](CCO)C(=O)O. The van der Waals surface area contributed by atoms with E-state index in [1.807, 2.05) is 20.8 Å². The number of carbonyl (C=O) groups excluding carboxylic acids is 1. The molecule has 0 unspecified atom stereocenters. The number of aliphatic carboxylic acids is 1. The number of aliphatic hydroxyl groups is 1. The Labute approximate surface area is 89.5 Å². The molecule has 0 rings (SSSR count). The summed E-state index contributed by atoms with van der Waals surface area (Å²) in [5.74, 6) is -1.42. The monoisotopic (exact) mass is 217 g/mol. The van der Waals surface area contributed by atoms with Crippen molar-refractivity contribution in [2.75, 3.05) is 6.61 Å². The number of carboxylic acids is 1. The van der Waals surface area contributed by atoms with Crippen molar-refractivity contribution in [3.8, 4) is 0 Å². The molecule has 5 nitrogen and oxygen atoms in total. The highest BCUT2D eigenvalue weighted by molar-refractivity contribution is 5.83. The fourth-order valence-corrected chi connectivity index (χ4v) is 1.11. The Balaban J connectivity index is 4.18. The van der Waals surface area contributed by atoms with Crippen molar-refractivity contribution in [1.82, 2.24) is 5.32 Å². The number of carboxylic acid groups (broad SMARTS) is 1. The molecule has 0 spiro atoms. The van der Waals surface area contributed by atoms with Gasteiger partial charge in [-0.05, 0) is 5.41 Å². The van der Waals surface area contributed by atoms with Crippen LogP contribution in [0.3, 0.4) is 0 Å². The maximum Gasteiger partial charge on any atom is 0.326 e. The van der Waals surface area contributed by atoms with Crippen molar-refractivity contribution in [1.29, 1.82) is 0 Å². The largest absolute Gasteiger partial charge is 0.480 e. The van der Waals surface area contributed by atoms with Gasteiger partial charge in [-0.25, -0.2) is 4.79 Å². The van der Waals surface area contributed by atoms with E-state index in [4.69, 9.17) is 10.2 Å². The van der Waals surface area contributed by atoms with Crippen LogP contribution in [0.5, 0.6) is 0 Å². The summed E-state index contributed by atoms with van der Waals surface area (Å²) >= 11 is 0. The van der Waals surface area contributed by atoms with Crippen molar-refractivity contribution < 1.29 is 19.8 Å². The lowest BCUT2D eigenvalue weighted by molar-refractivity contribution is -0.142. The van der Waals surface area contributed by atoms with Crippen LogP contribution in [0.15, 0.2) is 0 Å². The summed E-state index contributed by atoms with van der Waals surface area (Å²) in [6.45, 7) is 5.43. The molecule has 0 radical (unpaired) electrons. The first-order valence-corrected chi connectivity index (χ1v) is 4.89. The van der Waals surface area contributed by atoms with Gasteiger partial charge in [0.1, 0.15) is 6.04 Å². The van der Waals surface area contributed by atoms with Crippen LogP contribution in [0, 0.1) is 5.41 Å². The maximum atomic E-state index is 11.4. The number of hydrogen-bond acceptors (Lipinski definition) is 3. The van der Waals surface area contributed by atoms with Gasteiger partial charge in [0.05, 0.1) is 0 Å². The lowest BCUT2D eigenvalue weighted by Crippen LogP contribution is -2.42. The number of carbonyl (C=O) groups is 2. The number of aliphatic hydroxyl groups excluding tert-OH is 1. The molecule has 0 aromatic rings. The van der Waals surface area contributed by atoms with E-state index in [-0.39, 0.29) is 30.8 Å². The van der Waals surface area contributed by atoms with Crippen molar-refractivity contribution in [3.05, 3.63) is 0 Å². The molecule has 0 saturated heterocycles. The summed E-state index contributed by atoms with van der Waals surface area (Å²) in [5.41, 5.74) is -0.174. The number of nitrogens with one attached hydrogen (secondary N) is 1. The molecule has 5 heteroatoms. The van der Waals surface area contributed by atoms with E-state index in [2.05, 4.69) is 5.32 Å². The average Bonchev–Trinajstić information content (AvgIpc) is 1.99. The van der Waals surface area contributed by atoms with Gasteiger partial charge < -0.3 is 15.5 Å². The molecule has 0 aliphatic rings. The van der Waals surface area contributed by atoms with E-state index in [0.29, 0.717) is 0 Å². The highest BCUT2D eigenvalue weighted by Crippen LogP contribution is 2.17. The Morgan fingerprint density at radius 3 is 2.20 bits per heavy atom. The molecule has 0 fully saturated rings. The molecular weight excluding hydrogens is 198 g/mol. The molecule has 15 heavy (non-hydrogen) atoms. The number of hydrogen-bond donors (Lipinski definition) is 3. The molecular formula is C10H19NO4. The first kappa shape index (κ1) is 13.9. The van der Waals surface area contributed by atoms with Crippen molar-refractivity contribution >= 4 is 11.9 Å². The second-order valence-electron chi connectivity index (χ2n) is 4.71. The molecule has 0 bridgehead atoms. The van der Waals surface area contributed by atoms with Gasteiger partial charge in [-0.15, -0.1) is 0 Å². The van der Waals surface area contributed by atoms with Crippen LogP contribution < -0.4 is 5.32 Å². The standard InChI is InChI=1S/C10H19NO4/c1-10(2,3)6-8(13)11-7(4-5-12)9(14)15/h7,12H,4-6H2,1-3H3,(H,11,13)(H,14,15)/t7-/m1/s1. The van der Waals surface area contributed by atoms with Crippen LogP contribution in [-0.4, -0.2) is 34.7 Å².